The first-order chi connectivity index (χ1) is 10.5. The number of benzene rings is 1. The second-order valence-electron chi connectivity index (χ2n) is 5.90. The molecule has 1 aliphatic rings. The van der Waals surface area contributed by atoms with Crippen LogP contribution in [-0.4, -0.2) is 49.1 Å². The van der Waals surface area contributed by atoms with Gasteiger partial charge in [0.05, 0.1) is 6.54 Å². The van der Waals surface area contributed by atoms with Gasteiger partial charge in [-0.05, 0) is 32.4 Å². The molecule has 0 spiro atoms. The average Bonchev–Trinajstić information content (AvgIpc) is 2.45. The summed E-state index contributed by atoms with van der Waals surface area (Å²) in [5.41, 5.74) is 0.0193. The molecule has 0 radical (unpaired) electrons. The zero-order valence-corrected chi connectivity index (χ0v) is 14.3. The number of rotatable bonds is 5. The van der Waals surface area contributed by atoms with Gasteiger partial charge < -0.3 is 10.6 Å². The van der Waals surface area contributed by atoms with Crippen LogP contribution < -0.4 is 10.6 Å². The summed E-state index contributed by atoms with van der Waals surface area (Å²) in [6, 6.07) is 3.78. The molecule has 23 heavy (non-hydrogen) atoms. The fraction of sp³-hybridized carbons (Fsp3) is 0.562. The lowest BCUT2D eigenvalue weighted by Gasteiger charge is -2.33. The average molecular weight is 348 g/mol. The van der Waals surface area contributed by atoms with Crippen molar-refractivity contribution in [2.45, 2.75) is 32.4 Å². The molecule has 2 rings (SSSR count). The van der Waals surface area contributed by atoms with Gasteiger partial charge in [0.2, 0.25) is 5.91 Å². The summed E-state index contributed by atoms with van der Waals surface area (Å²) in [5.74, 6) is -1.26. The van der Waals surface area contributed by atoms with Crippen LogP contribution in [0.25, 0.3) is 0 Å². The van der Waals surface area contributed by atoms with E-state index in [0.29, 0.717) is 12.6 Å². The van der Waals surface area contributed by atoms with Crippen molar-refractivity contribution in [3.63, 3.8) is 0 Å². The van der Waals surface area contributed by atoms with Crippen molar-refractivity contribution < 1.29 is 13.6 Å². The van der Waals surface area contributed by atoms with Crippen LogP contribution in [0.4, 0.5) is 8.78 Å². The Morgan fingerprint density at radius 2 is 2.09 bits per heavy atom. The van der Waals surface area contributed by atoms with E-state index in [2.05, 4.69) is 22.5 Å². The van der Waals surface area contributed by atoms with Crippen molar-refractivity contribution in [2.24, 2.45) is 0 Å². The van der Waals surface area contributed by atoms with Gasteiger partial charge in [0, 0.05) is 37.3 Å². The lowest BCUT2D eigenvalue weighted by atomic mass is 10.1. The molecule has 0 bridgehead atoms. The van der Waals surface area contributed by atoms with Crippen LogP contribution in [-0.2, 0) is 11.2 Å². The highest BCUT2D eigenvalue weighted by atomic mass is 35.5. The Morgan fingerprint density at radius 3 is 2.70 bits per heavy atom. The number of hydrogen-bond acceptors (Lipinski definition) is 3. The van der Waals surface area contributed by atoms with Gasteiger partial charge in [-0.3, -0.25) is 9.69 Å². The minimum Gasteiger partial charge on any atom is -0.352 e. The van der Waals surface area contributed by atoms with Gasteiger partial charge in [-0.2, -0.15) is 0 Å². The van der Waals surface area contributed by atoms with Gasteiger partial charge in [-0.15, -0.1) is 12.4 Å². The predicted octanol–water partition coefficient (Wildman–Crippen LogP) is 1.73. The van der Waals surface area contributed by atoms with Gasteiger partial charge in [-0.25, -0.2) is 8.78 Å². The van der Waals surface area contributed by atoms with E-state index >= 15 is 0 Å². The molecule has 1 fully saturated rings. The lowest BCUT2D eigenvalue weighted by molar-refractivity contribution is -0.123. The Balaban J connectivity index is 0.00000264. The van der Waals surface area contributed by atoms with E-state index in [1.54, 1.807) is 6.92 Å². The minimum absolute atomic E-state index is 0. The monoisotopic (exact) mass is 347 g/mol. The van der Waals surface area contributed by atoms with E-state index in [9.17, 15) is 13.6 Å². The maximum Gasteiger partial charge on any atom is 0.234 e. The second-order valence-corrected chi connectivity index (χ2v) is 5.90. The van der Waals surface area contributed by atoms with E-state index in [-0.39, 0.29) is 36.3 Å². The predicted molar refractivity (Wildman–Crippen MR) is 88.8 cm³/mol. The number of nitrogens with one attached hydrogen (secondary N) is 2. The number of carbonyl (C=O) groups is 1. The summed E-state index contributed by atoms with van der Waals surface area (Å²) in [6.45, 7) is 6.69. The first kappa shape index (κ1) is 19.8. The van der Waals surface area contributed by atoms with E-state index in [0.717, 1.165) is 19.6 Å². The quantitative estimate of drug-likeness (QED) is 0.852. The normalized spacial score (nSPS) is 19.7. The van der Waals surface area contributed by atoms with Crippen molar-refractivity contribution in [2.75, 3.05) is 26.2 Å². The fourth-order valence-electron chi connectivity index (χ4n) is 2.71. The Labute approximate surface area is 142 Å². The maximum atomic E-state index is 13.6. The van der Waals surface area contributed by atoms with Crippen molar-refractivity contribution >= 4 is 18.3 Å². The Bertz CT molecular complexity index is 510. The summed E-state index contributed by atoms with van der Waals surface area (Å²) >= 11 is 0. The van der Waals surface area contributed by atoms with Crippen LogP contribution in [0.15, 0.2) is 18.2 Å². The van der Waals surface area contributed by atoms with Gasteiger partial charge in [0.1, 0.15) is 11.6 Å². The zero-order chi connectivity index (χ0) is 16.1. The molecular formula is C16H24ClF2N3O. The number of carbonyl (C=O) groups excluding carboxylic acids is 1. The molecule has 1 saturated heterocycles. The number of nitrogens with zero attached hydrogens (tertiary/aromatic N) is 1. The Kier molecular flexibility index (Phi) is 7.88. The lowest BCUT2D eigenvalue weighted by Crippen LogP contribution is -2.53. The Morgan fingerprint density at radius 1 is 1.43 bits per heavy atom. The SMILES string of the molecule is CC(Cc1c(F)cccc1F)NC(=O)CN1CCNC[C@@H]1C.Cl. The van der Waals surface area contributed by atoms with E-state index in [1.165, 1.54) is 18.2 Å². The van der Waals surface area contributed by atoms with Crippen LogP contribution in [0.1, 0.15) is 19.4 Å². The fourth-order valence-corrected chi connectivity index (χ4v) is 2.71. The molecule has 0 aromatic heterocycles. The van der Waals surface area contributed by atoms with Crippen LogP contribution >= 0.6 is 12.4 Å². The highest BCUT2D eigenvalue weighted by Gasteiger charge is 2.21. The third kappa shape index (κ3) is 5.71. The van der Waals surface area contributed by atoms with Gasteiger partial charge in [-0.1, -0.05) is 6.07 Å². The summed E-state index contributed by atoms with van der Waals surface area (Å²) in [6.07, 6.45) is 0.140. The van der Waals surface area contributed by atoms with Crippen molar-refractivity contribution in [1.29, 1.82) is 0 Å². The number of halogens is 3. The largest absolute Gasteiger partial charge is 0.352 e. The molecule has 1 amide bonds. The molecular weight excluding hydrogens is 324 g/mol. The van der Waals surface area contributed by atoms with E-state index < -0.39 is 11.6 Å². The minimum atomic E-state index is -0.572. The molecule has 1 heterocycles. The van der Waals surface area contributed by atoms with Crippen molar-refractivity contribution in [1.82, 2.24) is 15.5 Å². The summed E-state index contributed by atoms with van der Waals surface area (Å²) < 4.78 is 27.2. The summed E-state index contributed by atoms with van der Waals surface area (Å²) in [7, 11) is 0. The zero-order valence-electron chi connectivity index (χ0n) is 13.4. The summed E-state index contributed by atoms with van der Waals surface area (Å²) in [4.78, 5) is 14.2. The standard InChI is InChI=1S/C16H23F2N3O.ClH/c1-11(8-13-14(17)4-3-5-15(13)18)20-16(22)10-21-7-6-19-9-12(21)2;/h3-5,11-12,19H,6-10H2,1-2H3,(H,20,22);1H/t11?,12-;/m0./s1. The highest BCUT2D eigenvalue weighted by molar-refractivity contribution is 5.85. The van der Waals surface area contributed by atoms with E-state index in [1.807, 2.05) is 0 Å². The molecule has 1 aliphatic heterocycles. The maximum absolute atomic E-state index is 13.6. The number of hydrogen-bond donors (Lipinski definition) is 2. The first-order valence-corrected chi connectivity index (χ1v) is 7.64. The molecule has 2 N–H and O–H groups in total. The third-order valence-corrected chi connectivity index (χ3v) is 3.96. The Hall–Kier alpha value is -1.24. The van der Waals surface area contributed by atoms with Gasteiger partial charge >= 0.3 is 0 Å². The first-order valence-electron chi connectivity index (χ1n) is 7.64. The van der Waals surface area contributed by atoms with Gasteiger partial charge in [0.15, 0.2) is 0 Å². The van der Waals surface area contributed by atoms with Crippen LogP contribution in [0.3, 0.4) is 0 Å². The van der Waals surface area contributed by atoms with E-state index in [4.69, 9.17) is 0 Å². The molecule has 130 valence electrons. The third-order valence-electron chi connectivity index (χ3n) is 3.96. The number of piperazine rings is 1. The molecule has 1 aromatic carbocycles. The van der Waals surface area contributed by atoms with Crippen LogP contribution in [0.2, 0.25) is 0 Å². The smallest absolute Gasteiger partial charge is 0.234 e. The molecule has 0 saturated carbocycles. The van der Waals surface area contributed by atoms with Crippen molar-refractivity contribution in [3.8, 4) is 0 Å². The molecule has 7 heteroatoms. The molecule has 1 unspecified atom stereocenters. The summed E-state index contributed by atoms with van der Waals surface area (Å²) in [5, 5.41) is 6.08. The molecule has 2 atom stereocenters. The highest BCUT2D eigenvalue weighted by Crippen LogP contribution is 2.14. The van der Waals surface area contributed by atoms with Crippen LogP contribution in [0.5, 0.6) is 0 Å². The molecule has 0 aliphatic carbocycles. The van der Waals surface area contributed by atoms with Gasteiger partial charge in [0.25, 0.3) is 0 Å². The molecule has 1 aromatic rings. The number of amides is 1. The van der Waals surface area contributed by atoms with Crippen LogP contribution in [0, 0.1) is 11.6 Å². The topological polar surface area (TPSA) is 44.4 Å². The molecule has 4 nitrogen and oxygen atoms in total. The second kappa shape index (κ2) is 9.15. The van der Waals surface area contributed by atoms with Crippen molar-refractivity contribution in [3.05, 3.63) is 35.4 Å².